The van der Waals surface area contributed by atoms with Gasteiger partial charge in [-0.3, -0.25) is 14.4 Å². The van der Waals surface area contributed by atoms with Crippen LogP contribution in [0.4, 0.5) is 15.9 Å². The van der Waals surface area contributed by atoms with Crippen LogP contribution in [0.5, 0.6) is 11.5 Å². The second-order valence-electron chi connectivity index (χ2n) is 8.74. The Morgan fingerprint density at radius 1 is 1.05 bits per heavy atom. The average Bonchev–Trinajstić information content (AvgIpc) is 3.73. The smallest absolute Gasteiger partial charge is 0.276 e. The summed E-state index contributed by atoms with van der Waals surface area (Å²) in [5.74, 6) is -0.921. The Morgan fingerprint density at radius 2 is 1.82 bits per heavy atom. The number of carbonyl (C=O) groups is 2. The van der Waals surface area contributed by atoms with Crippen LogP contribution in [-0.4, -0.2) is 26.6 Å². The van der Waals surface area contributed by atoms with Gasteiger partial charge in [-0.2, -0.15) is 9.78 Å². The summed E-state index contributed by atoms with van der Waals surface area (Å²) in [6.45, 7) is 1.59. The standard InChI is InChI=1S/C27H21ClFN5O4/c1-15-12-24(35)34(19-7-4-17(28)5-8-19)33-25(15)27(37)31-18-6-9-22(21(29)13-18)38-20-10-11-30-23(14-20)32-26(36)16-2-3-16/h4-14,16H,2-3H2,1H3,(H,31,37)(H,30,32,36). The summed E-state index contributed by atoms with van der Waals surface area (Å²) in [5.41, 5.74) is 0.545. The third-order valence-corrected chi connectivity index (χ3v) is 6.01. The summed E-state index contributed by atoms with van der Waals surface area (Å²) < 4.78 is 21.5. The molecule has 9 nitrogen and oxygen atoms in total. The molecule has 0 unspecified atom stereocenters. The van der Waals surface area contributed by atoms with E-state index in [-0.39, 0.29) is 34.7 Å². The zero-order chi connectivity index (χ0) is 26.8. The number of benzene rings is 2. The lowest BCUT2D eigenvalue weighted by Crippen LogP contribution is -2.26. The van der Waals surface area contributed by atoms with E-state index in [2.05, 4.69) is 20.7 Å². The van der Waals surface area contributed by atoms with Crippen molar-refractivity contribution in [2.75, 3.05) is 10.6 Å². The molecule has 0 saturated heterocycles. The van der Waals surface area contributed by atoms with Gasteiger partial charge in [0, 0.05) is 41.0 Å². The van der Waals surface area contributed by atoms with Crippen molar-refractivity contribution in [1.29, 1.82) is 0 Å². The fraction of sp³-hybridized carbons (Fsp3) is 0.148. The van der Waals surface area contributed by atoms with Crippen LogP contribution >= 0.6 is 11.6 Å². The number of aromatic nitrogens is 3. The maximum Gasteiger partial charge on any atom is 0.276 e. The second kappa shape index (κ2) is 10.4. The molecule has 2 aromatic carbocycles. The number of pyridine rings is 1. The molecule has 4 aromatic rings. The van der Waals surface area contributed by atoms with Gasteiger partial charge in [0.15, 0.2) is 17.3 Å². The van der Waals surface area contributed by atoms with Crippen LogP contribution in [0.3, 0.4) is 0 Å². The Bertz CT molecular complexity index is 1600. The number of hydrogen-bond donors (Lipinski definition) is 2. The van der Waals surface area contributed by atoms with Gasteiger partial charge in [0.2, 0.25) is 5.91 Å². The van der Waals surface area contributed by atoms with Crippen LogP contribution in [0.15, 0.2) is 71.7 Å². The lowest BCUT2D eigenvalue weighted by Gasteiger charge is -2.12. The van der Waals surface area contributed by atoms with Gasteiger partial charge in [-0.1, -0.05) is 11.6 Å². The molecule has 2 N–H and O–H groups in total. The lowest BCUT2D eigenvalue weighted by molar-refractivity contribution is -0.117. The number of nitrogens with one attached hydrogen (secondary N) is 2. The Kier molecular flexibility index (Phi) is 6.89. The number of ether oxygens (including phenoxy) is 1. The molecule has 0 atom stereocenters. The summed E-state index contributed by atoms with van der Waals surface area (Å²) in [5, 5.41) is 10.00. The first-order chi connectivity index (χ1) is 18.3. The number of halogens is 2. The number of hydrogen-bond acceptors (Lipinski definition) is 6. The minimum absolute atomic E-state index is 0.00200. The molecule has 2 amide bonds. The monoisotopic (exact) mass is 533 g/mol. The van der Waals surface area contributed by atoms with Crippen molar-refractivity contribution < 1.29 is 18.7 Å². The summed E-state index contributed by atoms with van der Waals surface area (Å²) in [6, 6.07) is 14.7. The largest absolute Gasteiger partial charge is 0.454 e. The Morgan fingerprint density at radius 3 is 2.53 bits per heavy atom. The van der Waals surface area contributed by atoms with E-state index in [1.807, 2.05) is 0 Å². The van der Waals surface area contributed by atoms with E-state index in [1.165, 1.54) is 36.5 Å². The van der Waals surface area contributed by atoms with E-state index in [4.69, 9.17) is 16.3 Å². The Hall–Kier alpha value is -4.57. The van der Waals surface area contributed by atoms with Crippen molar-refractivity contribution in [3.63, 3.8) is 0 Å². The predicted octanol–water partition coefficient (Wildman–Crippen LogP) is 5.12. The highest BCUT2D eigenvalue weighted by atomic mass is 35.5. The zero-order valence-corrected chi connectivity index (χ0v) is 20.8. The molecular formula is C27H21ClFN5O4. The molecule has 0 spiro atoms. The summed E-state index contributed by atoms with van der Waals surface area (Å²) >= 11 is 5.91. The van der Waals surface area contributed by atoms with Gasteiger partial charge in [0.25, 0.3) is 11.5 Å². The van der Waals surface area contributed by atoms with Gasteiger partial charge in [-0.05, 0) is 67.8 Å². The maximum atomic E-state index is 14.8. The highest BCUT2D eigenvalue weighted by molar-refractivity contribution is 6.30. The summed E-state index contributed by atoms with van der Waals surface area (Å²) in [6.07, 6.45) is 3.17. The number of rotatable bonds is 7. The minimum atomic E-state index is -0.723. The summed E-state index contributed by atoms with van der Waals surface area (Å²) in [7, 11) is 0. The number of anilines is 2. The molecule has 38 heavy (non-hydrogen) atoms. The SMILES string of the molecule is Cc1cc(=O)n(-c2ccc(Cl)cc2)nc1C(=O)Nc1ccc(Oc2ccnc(NC(=O)C3CC3)c2)c(F)c1. The molecule has 1 saturated carbocycles. The van der Waals surface area contributed by atoms with Gasteiger partial charge in [0.1, 0.15) is 11.6 Å². The van der Waals surface area contributed by atoms with E-state index in [0.29, 0.717) is 22.1 Å². The van der Waals surface area contributed by atoms with Gasteiger partial charge >= 0.3 is 0 Å². The first-order valence-electron chi connectivity index (χ1n) is 11.7. The second-order valence-corrected chi connectivity index (χ2v) is 9.18. The van der Waals surface area contributed by atoms with Crippen molar-refractivity contribution in [2.45, 2.75) is 19.8 Å². The number of aryl methyl sites for hydroxylation is 1. The molecule has 5 rings (SSSR count). The predicted molar refractivity (Wildman–Crippen MR) is 140 cm³/mol. The Balaban J connectivity index is 1.30. The fourth-order valence-electron chi connectivity index (χ4n) is 3.63. The number of nitrogens with zero attached hydrogens (tertiary/aromatic N) is 3. The molecule has 1 aliphatic carbocycles. The average molecular weight is 534 g/mol. The molecule has 0 bridgehead atoms. The van der Waals surface area contributed by atoms with Crippen LogP contribution in [0.1, 0.15) is 28.9 Å². The first kappa shape index (κ1) is 25.1. The zero-order valence-electron chi connectivity index (χ0n) is 20.1. The van der Waals surface area contributed by atoms with E-state index >= 15 is 0 Å². The van der Waals surface area contributed by atoms with Crippen molar-refractivity contribution in [3.05, 3.63) is 99.3 Å². The first-order valence-corrected chi connectivity index (χ1v) is 12.1. The van der Waals surface area contributed by atoms with Gasteiger partial charge < -0.3 is 15.4 Å². The molecule has 1 fully saturated rings. The van der Waals surface area contributed by atoms with E-state index in [1.54, 1.807) is 31.2 Å². The highest BCUT2D eigenvalue weighted by Gasteiger charge is 2.29. The number of amides is 2. The van der Waals surface area contributed by atoms with Gasteiger partial charge in [-0.15, -0.1) is 0 Å². The quantitative estimate of drug-likeness (QED) is 0.340. The van der Waals surface area contributed by atoms with E-state index in [0.717, 1.165) is 23.6 Å². The summed E-state index contributed by atoms with van der Waals surface area (Å²) in [4.78, 5) is 41.4. The van der Waals surface area contributed by atoms with Crippen LogP contribution in [0, 0.1) is 18.7 Å². The molecule has 192 valence electrons. The maximum absolute atomic E-state index is 14.8. The third-order valence-electron chi connectivity index (χ3n) is 5.76. The number of carbonyl (C=O) groups excluding carboxylic acids is 2. The minimum Gasteiger partial charge on any atom is -0.454 e. The molecule has 1 aliphatic rings. The van der Waals surface area contributed by atoms with Crippen molar-refractivity contribution >= 4 is 34.9 Å². The molecule has 0 aliphatic heterocycles. The topological polar surface area (TPSA) is 115 Å². The molecule has 0 radical (unpaired) electrons. The van der Waals surface area contributed by atoms with Crippen LogP contribution in [0.2, 0.25) is 5.02 Å². The van der Waals surface area contributed by atoms with Gasteiger partial charge in [0.05, 0.1) is 5.69 Å². The third kappa shape index (κ3) is 5.70. The molecule has 2 heterocycles. The van der Waals surface area contributed by atoms with Gasteiger partial charge in [-0.25, -0.2) is 9.37 Å². The Labute approximate surface area is 221 Å². The molecular weight excluding hydrogens is 513 g/mol. The van der Waals surface area contributed by atoms with Crippen LogP contribution < -0.4 is 20.9 Å². The van der Waals surface area contributed by atoms with Crippen LogP contribution in [-0.2, 0) is 4.79 Å². The highest BCUT2D eigenvalue weighted by Crippen LogP contribution is 2.31. The molecule has 11 heteroatoms. The van der Waals surface area contributed by atoms with Crippen molar-refractivity contribution in [2.24, 2.45) is 5.92 Å². The fourth-order valence-corrected chi connectivity index (χ4v) is 3.76. The van der Waals surface area contributed by atoms with Crippen molar-refractivity contribution in [1.82, 2.24) is 14.8 Å². The lowest BCUT2D eigenvalue weighted by atomic mass is 10.2. The van der Waals surface area contributed by atoms with Crippen molar-refractivity contribution in [3.8, 4) is 17.2 Å². The molecule has 2 aromatic heterocycles. The van der Waals surface area contributed by atoms with Crippen LogP contribution in [0.25, 0.3) is 5.69 Å². The van der Waals surface area contributed by atoms with E-state index < -0.39 is 17.3 Å². The van der Waals surface area contributed by atoms with E-state index in [9.17, 15) is 18.8 Å². The normalized spacial score (nSPS) is 12.6.